The number of halogens is 2. The molecule has 2 aromatic rings. The lowest BCUT2D eigenvalue weighted by atomic mass is 10.1. The fourth-order valence-corrected chi connectivity index (χ4v) is 3.25. The van der Waals surface area contributed by atoms with Gasteiger partial charge >= 0.3 is 5.97 Å². The van der Waals surface area contributed by atoms with Crippen molar-refractivity contribution in [3.8, 4) is 0 Å². The number of aliphatic carboxylic acids is 1. The van der Waals surface area contributed by atoms with E-state index in [-0.39, 0.29) is 24.7 Å². The molecule has 0 saturated heterocycles. The van der Waals surface area contributed by atoms with Crippen molar-refractivity contribution >= 4 is 46.8 Å². The van der Waals surface area contributed by atoms with Gasteiger partial charge < -0.3 is 15.3 Å². The summed E-state index contributed by atoms with van der Waals surface area (Å²) in [5, 5.41) is 11.5. The van der Waals surface area contributed by atoms with Gasteiger partial charge in [-0.2, -0.15) is 0 Å². The van der Waals surface area contributed by atoms with Crippen LogP contribution in [0.5, 0.6) is 0 Å². The molecule has 1 aliphatic rings. The van der Waals surface area contributed by atoms with Crippen LogP contribution in [0.1, 0.15) is 27.9 Å². The van der Waals surface area contributed by atoms with E-state index >= 15 is 0 Å². The summed E-state index contributed by atoms with van der Waals surface area (Å²) < 4.78 is 0. The number of hydrogen-bond donors (Lipinski definition) is 2. The SMILES string of the molecule is Cl.O=C(O)C[C@H]1Nc2cc(C(=O)Cl)ccc2CN(CCc2ccccc2)C1=O. The van der Waals surface area contributed by atoms with Gasteiger partial charge in [0.1, 0.15) is 6.04 Å². The van der Waals surface area contributed by atoms with E-state index in [2.05, 4.69) is 5.32 Å². The van der Waals surface area contributed by atoms with Gasteiger partial charge in [0.15, 0.2) is 0 Å². The van der Waals surface area contributed by atoms with Gasteiger partial charge in [-0.25, -0.2) is 0 Å². The third-order valence-electron chi connectivity index (χ3n) is 4.53. The molecule has 3 rings (SSSR count). The van der Waals surface area contributed by atoms with Gasteiger partial charge in [-0.15, -0.1) is 12.4 Å². The molecule has 0 bridgehead atoms. The van der Waals surface area contributed by atoms with Gasteiger partial charge in [-0.3, -0.25) is 14.4 Å². The Bertz CT molecular complexity index is 874. The standard InChI is InChI=1S/C20H19ClN2O4.ClH/c21-19(26)14-6-7-15-12-23(9-8-13-4-2-1-3-5-13)20(27)17(11-18(24)25)22-16(15)10-14;/h1-7,10,17,22H,8-9,11-12H2,(H,24,25);1H/t17-;/m1./s1. The molecule has 0 unspecified atom stereocenters. The molecule has 1 heterocycles. The number of anilines is 1. The summed E-state index contributed by atoms with van der Waals surface area (Å²) in [6.45, 7) is 0.803. The van der Waals surface area contributed by atoms with E-state index in [0.29, 0.717) is 30.8 Å². The van der Waals surface area contributed by atoms with Crippen molar-refractivity contribution in [3.63, 3.8) is 0 Å². The number of nitrogens with one attached hydrogen (secondary N) is 1. The molecule has 8 heteroatoms. The van der Waals surface area contributed by atoms with E-state index in [1.165, 1.54) is 0 Å². The molecule has 0 fully saturated rings. The number of carbonyl (C=O) groups is 3. The summed E-state index contributed by atoms with van der Waals surface area (Å²) in [6, 6.07) is 13.8. The number of nitrogens with zero attached hydrogens (tertiary/aromatic N) is 1. The van der Waals surface area contributed by atoms with Gasteiger partial charge in [0.05, 0.1) is 6.42 Å². The van der Waals surface area contributed by atoms with Crippen molar-refractivity contribution in [2.75, 3.05) is 11.9 Å². The molecule has 0 saturated carbocycles. The van der Waals surface area contributed by atoms with Gasteiger partial charge in [0.25, 0.3) is 5.24 Å². The zero-order chi connectivity index (χ0) is 19.4. The van der Waals surface area contributed by atoms with E-state index < -0.39 is 17.3 Å². The predicted molar refractivity (Wildman–Crippen MR) is 109 cm³/mol. The summed E-state index contributed by atoms with van der Waals surface area (Å²) in [6.07, 6.45) is 0.319. The quantitative estimate of drug-likeness (QED) is 0.697. The highest BCUT2D eigenvalue weighted by molar-refractivity contribution is 6.67. The highest BCUT2D eigenvalue weighted by Gasteiger charge is 2.31. The molecule has 28 heavy (non-hydrogen) atoms. The monoisotopic (exact) mass is 422 g/mol. The van der Waals surface area contributed by atoms with Crippen LogP contribution < -0.4 is 5.32 Å². The number of fused-ring (bicyclic) bond motifs is 1. The normalized spacial score (nSPS) is 15.7. The van der Waals surface area contributed by atoms with Crippen LogP contribution >= 0.6 is 24.0 Å². The molecule has 0 radical (unpaired) electrons. The topological polar surface area (TPSA) is 86.7 Å². The maximum Gasteiger partial charge on any atom is 0.305 e. The Kier molecular flexibility index (Phi) is 7.43. The number of benzene rings is 2. The highest BCUT2D eigenvalue weighted by Crippen LogP contribution is 2.26. The minimum Gasteiger partial charge on any atom is -0.481 e. The van der Waals surface area contributed by atoms with E-state index in [9.17, 15) is 19.5 Å². The van der Waals surface area contributed by atoms with Crippen LogP contribution in [-0.2, 0) is 22.6 Å². The van der Waals surface area contributed by atoms with Crippen molar-refractivity contribution in [2.45, 2.75) is 25.4 Å². The fraction of sp³-hybridized carbons (Fsp3) is 0.250. The van der Waals surface area contributed by atoms with Crippen LogP contribution in [-0.4, -0.2) is 39.7 Å². The maximum absolute atomic E-state index is 12.9. The van der Waals surface area contributed by atoms with Crippen molar-refractivity contribution in [1.29, 1.82) is 0 Å². The molecule has 1 atom stereocenters. The third-order valence-corrected chi connectivity index (χ3v) is 4.75. The molecule has 1 amide bonds. The van der Waals surface area contributed by atoms with Crippen LogP contribution in [0, 0.1) is 0 Å². The zero-order valence-corrected chi connectivity index (χ0v) is 16.5. The molecule has 2 N–H and O–H groups in total. The number of carboxylic acids is 1. The van der Waals surface area contributed by atoms with Gasteiger partial charge in [-0.05, 0) is 41.3 Å². The first kappa shape index (κ1) is 21.7. The fourth-order valence-electron chi connectivity index (χ4n) is 3.14. The molecule has 2 aromatic carbocycles. The number of hydrogen-bond acceptors (Lipinski definition) is 4. The lowest BCUT2D eigenvalue weighted by molar-refractivity contribution is -0.141. The van der Waals surface area contributed by atoms with E-state index in [4.69, 9.17) is 11.6 Å². The molecular formula is C20H20Cl2N2O4. The van der Waals surface area contributed by atoms with Crippen molar-refractivity contribution < 1.29 is 19.5 Å². The summed E-state index contributed by atoms with van der Waals surface area (Å²) in [4.78, 5) is 37.2. The molecular weight excluding hydrogens is 403 g/mol. The second-order valence-electron chi connectivity index (χ2n) is 6.44. The molecule has 148 valence electrons. The predicted octanol–water partition coefficient (Wildman–Crippen LogP) is 3.33. The number of carboxylic acid groups (broad SMARTS) is 1. The summed E-state index contributed by atoms with van der Waals surface area (Å²) in [7, 11) is 0. The number of amides is 1. The largest absolute Gasteiger partial charge is 0.481 e. The Labute approximate surface area is 173 Å². The third kappa shape index (κ3) is 5.24. The molecule has 0 aliphatic carbocycles. The van der Waals surface area contributed by atoms with Crippen LogP contribution in [0.3, 0.4) is 0 Å². The lowest BCUT2D eigenvalue weighted by Gasteiger charge is -2.24. The molecule has 6 nitrogen and oxygen atoms in total. The Morgan fingerprint density at radius 2 is 1.89 bits per heavy atom. The number of rotatable bonds is 6. The van der Waals surface area contributed by atoms with Crippen molar-refractivity contribution in [1.82, 2.24) is 4.90 Å². The first-order valence-corrected chi connectivity index (χ1v) is 8.95. The summed E-state index contributed by atoms with van der Waals surface area (Å²) in [5.74, 6) is -1.35. The smallest absolute Gasteiger partial charge is 0.305 e. The second-order valence-corrected chi connectivity index (χ2v) is 6.78. The van der Waals surface area contributed by atoms with Crippen molar-refractivity contribution in [2.24, 2.45) is 0 Å². The summed E-state index contributed by atoms with van der Waals surface area (Å²) >= 11 is 5.54. The first-order chi connectivity index (χ1) is 12.9. The Balaban J connectivity index is 0.00000280. The van der Waals surface area contributed by atoms with Crippen LogP contribution in [0.4, 0.5) is 5.69 Å². The Morgan fingerprint density at radius 1 is 1.18 bits per heavy atom. The molecule has 0 spiro atoms. The van der Waals surface area contributed by atoms with Crippen molar-refractivity contribution in [3.05, 3.63) is 65.2 Å². The van der Waals surface area contributed by atoms with Gasteiger partial charge in [-0.1, -0.05) is 36.4 Å². The van der Waals surface area contributed by atoms with E-state index in [0.717, 1.165) is 11.1 Å². The lowest BCUT2D eigenvalue weighted by Crippen LogP contribution is -2.42. The average Bonchev–Trinajstić information content (AvgIpc) is 2.77. The zero-order valence-electron chi connectivity index (χ0n) is 14.9. The highest BCUT2D eigenvalue weighted by atomic mass is 35.5. The van der Waals surface area contributed by atoms with Gasteiger partial charge in [0.2, 0.25) is 5.91 Å². The Hall–Kier alpha value is -2.57. The van der Waals surface area contributed by atoms with Crippen LogP contribution in [0.25, 0.3) is 0 Å². The van der Waals surface area contributed by atoms with E-state index in [1.54, 1.807) is 23.1 Å². The van der Waals surface area contributed by atoms with Crippen LogP contribution in [0.15, 0.2) is 48.5 Å². The second kappa shape index (κ2) is 9.57. The summed E-state index contributed by atoms with van der Waals surface area (Å²) in [5.41, 5.74) is 2.76. The number of carbonyl (C=O) groups excluding carboxylic acids is 2. The maximum atomic E-state index is 12.9. The van der Waals surface area contributed by atoms with Gasteiger partial charge in [0, 0.05) is 24.3 Å². The first-order valence-electron chi connectivity index (χ1n) is 8.58. The molecule has 0 aromatic heterocycles. The van der Waals surface area contributed by atoms with Crippen LogP contribution in [0.2, 0.25) is 0 Å². The van der Waals surface area contributed by atoms with E-state index in [1.807, 2.05) is 30.3 Å². The molecule has 1 aliphatic heterocycles. The minimum atomic E-state index is -1.07. The average molecular weight is 423 g/mol. The minimum absolute atomic E-state index is 0. The Morgan fingerprint density at radius 3 is 2.54 bits per heavy atom.